The first-order chi connectivity index (χ1) is 15.1. The summed E-state index contributed by atoms with van der Waals surface area (Å²) in [5.41, 5.74) is 3.34. The molecule has 4 aromatic rings. The lowest BCUT2D eigenvalue weighted by Gasteiger charge is -2.11. The molecule has 3 aromatic carbocycles. The van der Waals surface area contributed by atoms with E-state index in [0.29, 0.717) is 0 Å². The van der Waals surface area contributed by atoms with E-state index >= 15 is 0 Å². The fourth-order valence-corrected chi connectivity index (χ4v) is 3.21. The molecule has 0 spiro atoms. The second kappa shape index (κ2) is 9.21. The predicted octanol–water partition coefficient (Wildman–Crippen LogP) is 5.07. The summed E-state index contributed by atoms with van der Waals surface area (Å²) in [5.74, 6) is -0.680. The van der Waals surface area contributed by atoms with Crippen LogP contribution in [0.4, 0.5) is 8.78 Å². The summed E-state index contributed by atoms with van der Waals surface area (Å²) < 4.78 is 31.5. The van der Waals surface area contributed by atoms with Crippen molar-refractivity contribution in [3.63, 3.8) is 0 Å². The van der Waals surface area contributed by atoms with Crippen LogP contribution < -0.4 is 10.1 Å². The molecular formula is C24H19F2N3O2. The van der Waals surface area contributed by atoms with Gasteiger partial charge in [-0.05, 0) is 24.3 Å². The van der Waals surface area contributed by atoms with Gasteiger partial charge in [0.1, 0.15) is 5.75 Å². The van der Waals surface area contributed by atoms with E-state index in [4.69, 9.17) is 5.10 Å². The topological polar surface area (TPSA) is 56.2 Å². The molecule has 0 atom stereocenters. The lowest BCUT2D eigenvalue weighted by atomic mass is 10.1. The van der Waals surface area contributed by atoms with Crippen molar-refractivity contribution in [3.05, 3.63) is 102 Å². The maximum atomic E-state index is 12.7. The van der Waals surface area contributed by atoms with Gasteiger partial charge in [-0.3, -0.25) is 4.79 Å². The number of carbonyl (C=O) groups is 1. The van der Waals surface area contributed by atoms with Crippen molar-refractivity contribution < 1.29 is 18.3 Å². The standard InChI is InChI=1S/C24H19F2N3O2/c25-24(26)31-21-14-8-7-13-20(21)23(30)27-15-18-16-29(19-11-5-2-6-12-19)28-22(18)17-9-3-1-4-10-17/h1-14,16,24H,15H2,(H,27,30). The van der Waals surface area contributed by atoms with E-state index < -0.39 is 12.5 Å². The van der Waals surface area contributed by atoms with Gasteiger partial charge >= 0.3 is 6.61 Å². The molecular weight excluding hydrogens is 400 g/mol. The first-order valence-electron chi connectivity index (χ1n) is 9.63. The number of benzene rings is 3. The molecule has 0 saturated carbocycles. The second-order valence-electron chi connectivity index (χ2n) is 6.71. The number of nitrogens with zero attached hydrogens (tertiary/aromatic N) is 2. The van der Waals surface area contributed by atoms with E-state index in [1.165, 1.54) is 18.2 Å². The van der Waals surface area contributed by atoms with Gasteiger partial charge in [0.25, 0.3) is 5.91 Å². The molecule has 7 heteroatoms. The van der Waals surface area contributed by atoms with E-state index in [0.717, 1.165) is 22.5 Å². The molecule has 1 amide bonds. The number of alkyl halides is 2. The van der Waals surface area contributed by atoms with Crippen molar-refractivity contribution in [2.45, 2.75) is 13.2 Å². The summed E-state index contributed by atoms with van der Waals surface area (Å²) in [5, 5.41) is 7.49. The average Bonchev–Trinajstić information content (AvgIpc) is 3.23. The molecule has 156 valence electrons. The van der Waals surface area contributed by atoms with Crippen LogP contribution in [0.2, 0.25) is 0 Å². The molecule has 1 aromatic heterocycles. The lowest BCUT2D eigenvalue weighted by Crippen LogP contribution is -2.24. The van der Waals surface area contributed by atoms with Gasteiger partial charge in [0.2, 0.25) is 0 Å². The summed E-state index contributed by atoms with van der Waals surface area (Å²) in [6.07, 6.45) is 1.85. The van der Waals surface area contributed by atoms with Crippen molar-refractivity contribution in [2.75, 3.05) is 0 Å². The highest BCUT2D eigenvalue weighted by molar-refractivity contribution is 5.96. The molecule has 0 fully saturated rings. The van der Waals surface area contributed by atoms with E-state index in [1.54, 1.807) is 10.7 Å². The van der Waals surface area contributed by atoms with Crippen LogP contribution >= 0.6 is 0 Å². The molecule has 0 saturated heterocycles. The number of para-hydroxylation sites is 2. The Hall–Kier alpha value is -4.00. The zero-order valence-electron chi connectivity index (χ0n) is 16.4. The van der Waals surface area contributed by atoms with Gasteiger partial charge in [-0.25, -0.2) is 4.68 Å². The molecule has 31 heavy (non-hydrogen) atoms. The minimum Gasteiger partial charge on any atom is -0.434 e. The molecule has 0 unspecified atom stereocenters. The summed E-state index contributed by atoms with van der Waals surface area (Å²) >= 11 is 0. The Morgan fingerprint density at radius 1 is 0.935 bits per heavy atom. The molecule has 0 bridgehead atoms. The first kappa shape index (κ1) is 20.3. The third-order valence-corrected chi connectivity index (χ3v) is 4.65. The molecule has 0 aliphatic carbocycles. The van der Waals surface area contributed by atoms with Crippen LogP contribution in [0.1, 0.15) is 15.9 Å². The van der Waals surface area contributed by atoms with Crippen LogP contribution in [0.3, 0.4) is 0 Å². The van der Waals surface area contributed by atoms with Crippen LogP contribution in [-0.4, -0.2) is 22.3 Å². The Morgan fingerprint density at radius 2 is 1.58 bits per heavy atom. The van der Waals surface area contributed by atoms with E-state index in [1.807, 2.05) is 66.9 Å². The lowest BCUT2D eigenvalue weighted by molar-refractivity contribution is -0.0501. The van der Waals surface area contributed by atoms with Crippen LogP contribution in [0.25, 0.3) is 16.9 Å². The molecule has 0 radical (unpaired) electrons. The third-order valence-electron chi connectivity index (χ3n) is 4.65. The number of amides is 1. The van der Waals surface area contributed by atoms with Gasteiger partial charge in [0.05, 0.1) is 16.9 Å². The largest absolute Gasteiger partial charge is 0.434 e. The molecule has 0 aliphatic heterocycles. The first-order valence-corrected chi connectivity index (χ1v) is 9.63. The average molecular weight is 419 g/mol. The number of rotatable bonds is 7. The van der Waals surface area contributed by atoms with Crippen molar-refractivity contribution in [2.24, 2.45) is 0 Å². The van der Waals surface area contributed by atoms with Crippen LogP contribution in [0.15, 0.2) is 91.1 Å². The van der Waals surface area contributed by atoms with Crippen LogP contribution in [-0.2, 0) is 6.54 Å². The van der Waals surface area contributed by atoms with Crippen molar-refractivity contribution in [1.29, 1.82) is 0 Å². The highest BCUT2D eigenvalue weighted by atomic mass is 19.3. The van der Waals surface area contributed by atoms with Crippen molar-refractivity contribution in [1.82, 2.24) is 15.1 Å². The Bertz CT molecular complexity index is 1160. The van der Waals surface area contributed by atoms with Crippen molar-refractivity contribution >= 4 is 5.91 Å². The molecule has 4 rings (SSSR count). The number of ether oxygens (including phenoxy) is 1. The van der Waals surface area contributed by atoms with Crippen LogP contribution in [0.5, 0.6) is 5.75 Å². The van der Waals surface area contributed by atoms with Crippen molar-refractivity contribution in [3.8, 4) is 22.7 Å². The Balaban J connectivity index is 1.61. The van der Waals surface area contributed by atoms with Crippen LogP contribution in [0, 0.1) is 0 Å². The molecule has 5 nitrogen and oxygen atoms in total. The summed E-state index contributed by atoms with van der Waals surface area (Å²) in [4.78, 5) is 12.7. The zero-order chi connectivity index (χ0) is 21.6. The third kappa shape index (κ3) is 4.78. The SMILES string of the molecule is O=C(NCc1cn(-c2ccccc2)nc1-c1ccccc1)c1ccccc1OC(F)F. The zero-order valence-corrected chi connectivity index (χ0v) is 16.4. The van der Waals surface area contributed by atoms with Gasteiger partial charge < -0.3 is 10.1 Å². The van der Waals surface area contributed by atoms with E-state index in [9.17, 15) is 13.6 Å². The Kier molecular flexibility index (Phi) is 6.03. The number of nitrogens with one attached hydrogen (secondary N) is 1. The number of aromatic nitrogens is 2. The maximum Gasteiger partial charge on any atom is 0.387 e. The quantitative estimate of drug-likeness (QED) is 0.455. The second-order valence-corrected chi connectivity index (χ2v) is 6.71. The fraction of sp³-hybridized carbons (Fsp3) is 0.0833. The van der Waals surface area contributed by atoms with E-state index in [-0.39, 0.29) is 17.9 Å². The smallest absolute Gasteiger partial charge is 0.387 e. The van der Waals surface area contributed by atoms with Gasteiger partial charge in [-0.2, -0.15) is 13.9 Å². The normalized spacial score (nSPS) is 10.8. The number of halogens is 2. The van der Waals surface area contributed by atoms with Gasteiger partial charge in [0.15, 0.2) is 0 Å². The summed E-state index contributed by atoms with van der Waals surface area (Å²) in [7, 11) is 0. The van der Waals surface area contributed by atoms with Gasteiger partial charge in [-0.1, -0.05) is 60.7 Å². The molecule has 1 heterocycles. The Labute approximate surface area is 177 Å². The number of hydrogen-bond donors (Lipinski definition) is 1. The number of carbonyl (C=O) groups excluding carboxylic acids is 1. The van der Waals surface area contributed by atoms with Gasteiger partial charge in [-0.15, -0.1) is 0 Å². The monoisotopic (exact) mass is 419 g/mol. The molecule has 1 N–H and O–H groups in total. The van der Waals surface area contributed by atoms with Gasteiger partial charge in [0, 0.05) is 23.9 Å². The van der Waals surface area contributed by atoms with E-state index in [2.05, 4.69) is 10.1 Å². The minimum absolute atomic E-state index is 0.0412. The fourth-order valence-electron chi connectivity index (χ4n) is 3.21. The minimum atomic E-state index is -3.01. The highest BCUT2D eigenvalue weighted by Gasteiger charge is 2.17. The number of hydrogen-bond acceptors (Lipinski definition) is 3. The Morgan fingerprint density at radius 3 is 2.29 bits per heavy atom. The predicted molar refractivity (Wildman–Crippen MR) is 113 cm³/mol. The summed E-state index contributed by atoms with van der Waals surface area (Å²) in [6, 6.07) is 25.2. The highest BCUT2D eigenvalue weighted by Crippen LogP contribution is 2.24. The maximum absolute atomic E-state index is 12.7. The molecule has 0 aliphatic rings. The summed E-state index contributed by atoms with van der Waals surface area (Å²) in [6.45, 7) is -2.85.